The van der Waals surface area contributed by atoms with Crippen LogP contribution in [0.2, 0.25) is 0 Å². The molecule has 0 bridgehead atoms. The van der Waals surface area contributed by atoms with Crippen LogP contribution < -0.4 is 22.7 Å². The lowest BCUT2D eigenvalue weighted by Gasteiger charge is -2.08. The molecule has 2 rings (SSSR count). The van der Waals surface area contributed by atoms with Crippen LogP contribution in [0.1, 0.15) is 5.76 Å². The maximum absolute atomic E-state index is 11.5. The van der Waals surface area contributed by atoms with Gasteiger partial charge in [-0.3, -0.25) is 14.3 Å². The molecule has 0 aliphatic carbocycles. The van der Waals surface area contributed by atoms with Crippen LogP contribution in [0.25, 0.3) is 0 Å². The van der Waals surface area contributed by atoms with E-state index in [0.29, 0.717) is 5.76 Å². The van der Waals surface area contributed by atoms with Crippen LogP contribution in [0.4, 0.5) is 11.5 Å². The molecule has 16 heavy (non-hydrogen) atoms. The molecule has 2 heterocycles. The summed E-state index contributed by atoms with van der Waals surface area (Å²) in [6.45, 7) is 0.124. The third-order valence-corrected chi connectivity index (χ3v) is 2.17. The van der Waals surface area contributed by atoms with Crippen molar-refractivity contribution in [1.82, 2.24) is 9.55 Å². The van der Waals surface area contributed by atoms with Gasteiger partial charge < -0.3 is 15.9 Å². The Labute approximate surface area is 89.3 Å². The minimum atomic E-state index is -0.682. The van der Waals surface area contributed by atoms with Gasteiger partial charge in [-0.15, -0.1) is 0 Å². The molecule has 0 atom stereocenters. The van der Waals surface area contributed by atoms with Gasteiger partial charge in [0, 0.05) is 0 Å². The summed E-state index contributed by atoms with van der Waals surface area (Å²) in [4.78, 5) is 24.7. The van der Waals surface area contributed by atoms with Gasteiger partial charge in [0.2, 0.25) is 0 Å². The van der Waals surface area contributed by atoms with E-state index in [0.717, 1.165) is 4.57 Å². The van der Waals surface area contributed by atoms with E-state index in [1.54, 1.807) is 12.1 Å². The molecule has 5 N–H and O–H groups in total. The molecule has 7 heteroatoms. The van der Waals surface area contributed by atoms with Gasteiger partial charge in [0.05, 0.1) is 12.8 Å². The largest absolute Gasteiger partial charge is 0.467 e. The fraction of sp³-hybridized carbons (Fsp3) is 0.111. The fourth-order valence-electron chi connectivity index (χ4n) is 1.32. The summed E-state index contributed by atoms with van der Waals surface area (Å²) in [5, 5.41) is 0. The van der Waals surface area contributed by atoms with Crippen molar-refractivity contribution in [1.29, 1.82) is 0 Å². The van der Waals surface area contributed by atoms with Crippen LogP contribution in [-0.2, 0) is 6.54 Å². The van der Waals surface area contributed by atoms with Gasteiger partial charge >= 0.3 is 5.69 Å². The second-order valence-corrected chi connectivity index (χ2v) is 3.22. The average Bonchev–Trinajstić information content (AvgIpc) is 2.74. The molecule has 0 spiro atoms. The lowest BCUT2D eigenvalue weighted by atomic mass is 10.4. The van der Waals surface area contributed by atoms with Gasteiger partial charge in [0.1, 0.15) is 17.3 Å². The smallest absolute Gasteiger partial charge is 0.330 e. The van der Waals surface area contributed by atoms with Crippen LogP contribution in [0.3, 0.4) is 0 Å². The minimum Gasteiger partial charge on any atom is -0.467 e. The number of hydrogen-bond acceptors (Lipinski definition) is 5. The third-order valence-electron chi connectivity index (χ3n) is 2.17. The Balaban J connectivity index is 2.53. The van der Waals surface area contributed by atoms with Crippen molar-refractivity contribution < 1.29 is 4.42 Å². The molecule has 2 aromatic heterocycles. The number of H-pyrrole nitrogens is 1. The highest BCUT2D eigenvalue weighted by Crippen LogP contribution is 2.08. The van der Waals surface area contributed by atoms with Gasteiger partial charge in [-0.05, 0) is 12.1 Å². The second kappa shape index (κ2) is 3.61. The first-order valence-electron chi connectivity index (χ1n) is 4.50. The van der Waals surface area contributed by atoms with E-state index in [1.165, 1.54) is 6.26 Å². The molecule has 0 unspecified atom stereocenters. The molecule has 0 saturated carbocycles. The van der Waals surface area contributed by atoms with Crippen molar-refractivity contribution in [2.75, 3.05) is 11.5 Å². The summed E-state index contributed by atoms with van der Waals surface area (Å²) in [6, 6.07) is 3.37. The van der Waals surface area contributed by atoms with Gasteiger partial charge in [-0.1, -0.05) is 0 Å². The molecule has 0 fully saturated rings. The monoisotopic (exact) mass is 222 g/mol. The highest BCUT2D eigenvalue weighted by Gasteiger charge is 2.10. The van der Waals surface area contributed by atoms with E-state index in [1.807, 2.05) is 0 Å². The summed E-state index contributed by atoms with van der Waals surface area (Å²) in [7, 11) is 0. The summed E-state index contributed by atoms with van der Waals surface area (Å²) in [5.74, 6) is 0.477. The maximum atomic E-state index is 11.5. The van der Waals surface area contributed by atoms with E-state index < -0.39 is 11.2 Å². The first-order chi connectivity index (χ1) is 7.59. The first kappa shape index (κ1) is 10.1. The van der Waals surface area contributed by atoms with Crippen molar-refractivity contribution >= 4 is 11.5 Å². The summed E-state index contributed by atoms with van der Waals surface area (Å²) in [6.07, 6.45) is 1.48. The second-order valence-electron chi connectivity index (χ2n) is 3.22. The van der Waals surface area contributed by atoms with Gasteiger partial charge in [0.25, 0.3) is 5.56 Å². The van der Waals surface area contributed by atoms with E-state index in [-0.39, 0.29) is 18.1 Å². The number of nitrogens with one attached hydrogen (secondary N) is 1. The number of hydrogen-bond donors (Lipinski definition) is 3. The number of aromatic amines is 1. The topological polar surface area (TPSA) is 120 Å². The standard InChI is InChI=1S/C9H10N4O3/c10-6-7(11)13(9(15)12-8(6)14)4-5-2-1-3-16-5/h1-3H,4,10-11H2,(H,12,14,15). The molecule has 0 radical (unpaired) electrons. The SMILES string of the molecule is Nc1c(N)n(Cc2ccco2)c(=O)[nH]c1=O. The van der Waals surface area contributed by atoms with E-state index in [9.17, 15) is 9.59 Å². The van der Waals surface area contributed by atoms with Crippen LogP contribution >= 0.6 is 0 Å². The Morgan fingerprint density at radius 1 is 1.38 bits per heavy atom. The van der Waals surface area contributed by atoms with E-state index >= 15 is 0 Å². The van der Waals surface area contributed by atoms with Gasteiger partial charge in [-0.2, -0.15) is 0 Å². The Kier molecular flexibility index (Phi) is 2.28. The fourth-order valence-corrected chi connectivity index (χ4v) is 1.32. The third kappa shape index (κ3) is 1.58. The van der Waals surface area contributed by atoms with Crippen LogP contribution in [0.5, 0.6) is 0 Å². The normalized spacial score (nSPS) is 10.5. The number of rotatable bonds is 2. The molecule has 84 valence electrons. The van der Waals surface area contributed by atoms with Gasteiger partial charge in [-0.25, -0.2) is 4.79 Å². The predicted molar refractivity (Wildman–Crippen MR) is 58.0 cm³/mol. The lowest BCUT2D eigenvalue weighted by Crippen LogP contribution is -2.34. The maximum Gasteiger partial charge on any atom is 0.330 e. The molecule has 7 nitrogen and oxygen atoms in total. The van der Waals surface area contributed by atoms with Crippen molar-refractivity contribution in [3.63, 3.8) is 0 Å². The summed E-state index contributed by atoms with van der Waals surface area (Å²) < 4.78 is 6.20. The Morgan fingerprint density at radius 2 is 2.12 bits per heavy atom. The highest BCUT2D eigenvalue weighted by molar-refractivity contribution is 5.56. The first-order valence-corrected chi connectivity index (χ1v) is 4.50. The molecular weight excluding hydrogens is 212 g/mol. The molecular formula is C9H10N4O3. The summed E-state index contributed by atoms with van der Waals surface area (Å²) >= 11 is 0. The molecule has 0 aliphatic rings. The van der Waals surface area contributed by atoms with Crippen molar-refractivity contribution in [2.24, 2.45) is 0 Å². The molecule has 0 aromatic carbocycles. The van der Waals surface area contributed by atoms with E-state index in [2.05, 4.69) is 4.98 Å². The van der Waals surface area contributed by atoms with Crippen LogP contribution in [-0.4, -0.2) is 9.55 Å². The lowest BCUT2D eigenvalue weighted by molar-refractivity contribution is 0.489. The van der Waals surface area contributed by atoms with Crippen molar-refractivity contribution in [3.8, 4) is 0 Å². The highest BCUT2D eigenvalue weighted by atomic mass is 16.3. The quantitative estimate of drug-likeness (QED) is 0.623. The minimum absolute atomic E-state index is 0.0647. The molecule has 2 aromatic rings. The zero-order valence-electron chi connectivity index (χ0n) is 8.27. The number of furan rings is 1. The number of nitrogens with zero attached hydrogens (tertiary/aromatic N) is 1. The van der Waals surface area contributed by atoms with Crippen LogP contribution in [0.15, 0.2) is 32.4 Å². The van der Waals surface area contributed by atoms with Gasteiger partial charge in [0.15, 0.2) is 0 Å². The molecule has 0 amide bonds. The molecule has 0 saturated heterocycles. The zero-order chi connectivity index (χ0) is 11.7. The zero-order valence-corrected chi connectivity index (χ0v) is 8.27. The molecule has 0 aliphatic heterocycles. The van der Waals surface area contributed by atoms with Crippen LogP contribution in [0, 0.1) is 0 Å². The van der Waals surface area contributed by atoms with E-state index in [4.69, 9.17) is 15.9 Å². The summed E-state index contributed by atoms with van der Waals surface area (Å²) in [5.41, 5.74) is 9.52. The number of aromatic nitrogens is 2. The predicted octanol–water partition coefficient (Wildman–Crippen LogP) is -0.658. The number of anilines is 2. The average molecular weight is 222 g/mol. The van der Waals surface area contributed by atoms with Crippen molar-refractivity contribution in [3.05, 3.63) is 45.0 Å². The number of nitrogen functional groups attached to an aromatic ring is 2. The Bertz CT molecular complexity index is 609. The van der Waals surface area contributed by atoms with Crippen molar-refractivity contribution in [2.45, 2.75) is 6.54 Å². The number of nitrogens with two attached hydrogens (primary N) is 2. The Morgan fingerprint density at radius 3 is 2.75 bits per heavy atom. The Hall–Kier alpha value is -2.44.